The topological polar surface area (TPSA) is 87.7 Å². The molecule has 10 heteroatoms. The van der Waals surface area contributed by atoms with E-state index in [1.54, 1.807) is 41.0 Å². The Morgan fingerprint density at radius 1 is 1.13 bits per heavy atom. The number of nitrogens with one attached hydrogen (secondary N) is 2. The lowest BCUT2D eigenvalue weighted by molar-refractivity contribution is -0.200. The monoisotopic (exact) mass is 421 g/mol. The van der Waals surface area contributed by atoms with Crippen molar-refractivity contribution in [3.05, 3.63) is 65.7 Å². The molecule has 3 rings (SSSR count). The fraction of sp³-hybridized carbons (Fsp3) is 0.250. The van der Waals surface area contributed by atoms with Gasteiger partial charge in [0, 0.05) is 12.1 Å². The van der Waals surface area contributed by atoms with Crippen LogP contribution in [-0.2, 0) is 11.2 Å². The Morgan fingerprint density at radius 3 is 2.47 bits per heavy atom. The number of alkyl halides is 3. The molecule has 7 nitrogen and oxygen atoms in total. The van der Waals surface area contributed by atoms with Crippen molar-refractivity contribution < 1.29 is 32.3 Å². The number of hydrogen-bond acceptors (Lipinski definition) is 4. The number of benzene rings is 2. The van der Waals surface area contributed by atoms with Gasteiger partial charge in [-0.3, -0.25) is 19.8 Å². The first-order valence-electron chi connectivity index (χ1n) is 8.89. The van der Waals surface area contributed by atoms with Crippen molar-refractivity contribution in [1.82, 2.24) is 15.5 Å². The maximum Gasteiger partial charge on any atom is 0.440 e. The summed E-state index contributed by atoms with van der Waals surface area (Å²) in [6.45, 7) is -0.276. The van der Waals surface area contributed by atoms with Crippen molar-refractivity contribution in [1.29, 1.82) is 0 Å². The van der Waals surface area contributed by atoms with E-state index >= 15 is 0 Å². The van der Waals surface area contributed by atoms with Gasteiger partial charge in [0.2, 0.25) is 0 Å². The van der Waals surface area contributed by atoms with Gasteiger partial charge in [-0.05, 0) is 30.2 Å². The molecule has 0 aliphatic carbocycles. The highest BCUT2D eigenvalue weighted by Crippen LogP contribution is 2.34. The maximum atomic E-state index is 13.9. The van der Waals surface area contributed by atoms with E-state index in [2.05, 4.69) is 0 Å². The molecule has 1 aliphatic heterocycles. The Hall–Kier alpha value is -3.56. The molecule has 1 unspecified atom stereocenters. The Labute approximate surface area is 169 Å². The molecular weight excluding hydrogens is 403 g/mol. The van der Waals surface area contributed by atoms with E-state index < -0.39 is 29.7 Å². The van der Waals surface area contributed by atoms with Crippen molar-refractivity contribution >= 4 is 17.8 Å². The Morgan fingerprint density at radius 2 is 1.83 bits per heavy atom. The molecule has 1 saturated heterocycles. The highest BCUT2D eigenvalue weighted by atomic mass is 19.4. The number of urea groups is 1. The molecule has 0 bridgehead atoms. The third kappa shape index (κ3) is 3.93. The molecule has 2 aromatic carbocycles. The summed E-state index contributed by atoms with van der Waals surface area (Å²) in [4.78, 5) is 37.8. The van der Waals surface area contributed by atoms with Crippen LogP contribution >= 0.6 is 0 Å². The van der Waals surface area contributed by atoms with Gasteiger partial charge in [-0.25, -0.2) is 4.79 Å². The zero-order valence-corrected chi connectivity index (χ0v) is 15.8. The highest BCUT2D eigenvalue weighted by Gasteiger charge is 2.68. The van der Waals surface area contributed by atoms with Crippen LogP contribution in [0.3, 0.4) is 0 Å². The third-order valence-electron chi connectivity index (χ3n) is 4.63. The summed E-state index contributed by atoms with van der Waals surface area (Å²) in [5, 5.41) is 3.29. The van der Waals surface area contributed by atoms with E-state index in [0.717, 1.165) is 5.56 Å². The number of amides is 4. The summed E-state index contributed by atoms with van der Waals surface area (Å²) in [5.41, 5.74) is -2.98. The van der Waals surface area contributed by atoms with Crippen LogP contribution in [0.2, 0.25) is 0 Å². The maximum absolute atomic E-state index is 13.9. The summed E-state index contributed by atoms with van der Waals surface area (Å²) in [6, 6.07) is 12.8. The molecular formula is C20H18F3N3O4. The molecule has 1 aliphatic rings. The lowest BCUT2D eigenvalue weighted by Gasteiger charge is -2.30. The van der Waals surface area contributed by atoms with Crippen molar-refractivity contribution in [2.24, 2.45) is 0 Å². The van der Waals surface area contributed by atoms with Crippen LogP contribution in [0.25, 0.3) is 0 Å². The number of carbonyl (C=O) groups excluding carboxylic acids is 3. The first-order chi connectivity index (χ1) is 14.2. The fourth-order valence-corrected chi connectivity index (χ4v) is 3.02. The number of ether oxygens (including phenoxy) is 1. The Kier molecular flexibility index (Phi) is 5.68. The molecule has 158 valence electrons. The summed E-state index contributed by atoms with van der Waals surface area (Å²) >= 11 is 0. The minimum Gasteiger partial charge on any atom is -0.497 e. The molecule has 0 radical (unpaired) electrons. The van der Waals surface area contributed by atoms with E-state index in [-0.39, 0.29) is 24.3 Å². The lowest BCUT2D eigenvalue weighted by atomic mass is 10.1. The third-order valence-corrected chi connectivity index (χ3v) is 4.63. The second kappa shape index (κ2) is 8.05. The predicted octanol–water partition coefficient (Wildman–Crippen LogP) is 2.48. The van der Waals surface area contributed by atoms with Gasteiger partial charge in [0.1, 0.15) is 5.75 Å². The smallest absolute Gasteiger partial charge is 0.440 e. The normalized spacial score (nSPS) is 18.9. The lowest BCUT2D eigenvalue weighted by Crippen LogP contribution is -2.69. The van der Waals surface area contributed by atoms with Gasteiger partial charge < -0.3 is 10.1 Å². The minimum absolute atomic E-state index is 0.164. The van der Waals surface area contributed by atoms with Crippen molar-refractivity contribution in [2.45, 2.75) is 18.3 Å². The van der Waals surface area contributed by atoms with Crippen LogP contribution in [0.4, 0.5) is 18.0 Å². The molecule has 2 N–H and O–H groups in total. The number of methoxy groups -OCH3 is 1. The van der Waals surface area contributed by atoms with Crippen molar-refractivity contribution in [2.75, 3.05) is 13.7 Å². The van der Waals surface area contributed by atoms with Crippen molar-refractivity contribution in [3.8, 4) is 5.75 Å². The Bertz CT molecular complexity index is 965. The fourth-order valence-electron chi connectivity index (χ4n) is 3.02. The molecule has 2 aromatic rings. The van der Waals surface area contributed by atoms with Gasteiger partial charge >= 0.3 is 12.2 Å². The van der Waals surface area contributed by atoms with Crippen LogP contribution in [0.15, 0.2) is 54.6 Å². The number of hydrogen-bond donors (Lipinski definition) is 2. The molecule has 0 aromatic heterocycles. The van der Waals surface area contributed by atoms with Crippen LogP contribution < -0.4 is 15.4 Å². The summed E-state index contributed by atoms with van der Waals surface area (Å²) in [5.74, 6) is -2.54. The van der Waals surface area contributed by atoms with Gasteiger partial charge in [0.15, 0.2) is 0 Å². The molecule has 0 saturated carbocycles. The first-order valence-corrected chi connectivity index (χ1v) is 8.89. The van der Waals surface area contributed by atoms with Crippen LogP contribution in [0.1, 0.15) is 15.9 Å². The second-order valence-corrected chi connectivity index (χ2v) is 6.56. The van der Waals surface area contributed by atoms with Gasteiger partial charge in [0.25, 0.3) is 17.5 Å². The number of nitrogens with zero attached hydrogens (tertiary/aromatic N) is 1. The average Bonchev–Trinajstić information content (AvgIpc) is 2.97. The van der Waals surface area contributed by atoms with Gasteiger partial charge in [-0.1, -0.05) is 36.4 Å². The Balaban J connectivity index is 1.85. The number of halogens is 3. The quantitative estimate of drug-likeness (QED) is 0.702. The summed E-state index contributed by atoms with van der Waals surface area (Å²) < 4.78 is 46.6. The van der Waals surface area contributed by atoms with E-state index in [4.69, 9.17) is 4.74 Å². The highest BCUT2D eigenvalue weighted by molar-refractivity contribution is 6.10. The van der Waals surface area contributed by atoms with E-state index in [1.807, 2.05) is 0 Å². The predicted molar refractivity (Wildman–Crippen MR) is 99.6 cm³/mol. The summed E-state index contributed by atoms with van der Waals surface area (Å²) in [6.07, 6.45) is -5.10. The van der Waals surface area contributed by atoms with E-state index in [9.17, 15) is 27.6 Å². The average molecular weight is 421 g/mol. The summed E-state index contributed by atoms with van der Waals surface area (Å²) in [7, 11) is 1.33. The van der Waals surface area contributed by atoms with Crippen molar-refractivity contribution in [3.63, 3.8) is 0 Å². The second-order valence-electron chi connectivity index (χ2n) is 6.56. The SMILES string of the molecule is COc1cccc(C(=O)NC2(C(F)(F)F)NC(=O)N(CCc3ccccc3)C2=O)c1. The number of imide groups is 1. The molecule has 1 atom stereocenters. The number of rotatable bonds is 6. The molecule has 1 fully saturated rings. The van der Waals surface area contributed by atoms with Crippen LogP contribution in [0.5, 0.6) is 5.75 Å². The molecule has 1 heterocycles. The van der Waals surface area contributed by atoms with E-state index in [0.29, 0.717) is 4.90 Å². The minimum atomic E-state index is -5.27. The molecule has 0 spiro atoms. The van der Waals surface area contributed by atoms with E-state index in [1.165, 1.54) is 31.4 Å². The van der Waals surface area contributed by atoms with Crippen LogP contribution in [0, 0.1) is 0 Å². The van der Waals surface area contributed by atoms with Crippen LogP contribution in [-0.4, -0.2) is 48.2 Å². The van der Waals surface area contributed by atoms with Gasteiger partial charge in [0.05, 0.1) is 7.11 Å². The zero-order valence-electron chi connectivity index (χ0n) is 15.8. The number of carbonyl (C=O) groups is 3. The van der Waals surface area contributed by atoms with Gasteiger partial charge in [-0.2, -0.15) is 13.2 Å². The molecule has 30 heavy (non-hydrogen) atoms. The first kappa shape index (κ1) is 21.2. The molecule has 4 amide bonds. The largest absolute Gasteiger partial charge is 0.497 e. The zero-order chi connectivity index (χ0) is 21.9. The standard InChI is InChI=1S/C20H18F3N3O4/c1-30-15-9-5-8-14(12-15)16(27)24-19(20(21,22)23)17(28)26(18(29)25-19)11-10-13-6-3-2-4-7-13/h2-9,12H,10-11H2,1H3,(H,24,27)(H,25,29). The van der Waals surface area contributed by atoms with Gasteiger partial charge in [-0.15, -0.1) is 0 Å².